The van der Waals surface area contributed by atoms with E-state index in [4.69, 9.17) is 0 Å². The average molecular weight is 332 g/mol. The molecule has 1 fully saturated rings. The van der Waals surface area contributed by atoms with Crippen LogP contribution in [0.2, 0.25) is 0 Å². The summed E-state index contributed by atoms with van der Waals surface area (Å²) in [5, 5.41) is 12.6. The third-order valence-corrected chi connectivity index (χ3v) is 5.12. The van der Waals surface area contributed by atoms with Crippen LogP contribution in [-0.2, 0) is 6.54 Å². The molecule has 0 radical (unpaired) electrons. The van der Waals surface area contributed by atoms with E-state index in [-0.39, 0.29) is 6.03 Å². The van der Waals surface area contributed by atoms with E-state index in [1.807, 2.05) is 28.4 Å². The minimum atomic E-state index is -0.0532. The first kappa shape index (κ1) is 16.1. The lowest BCUT2D eigenvalue weighted by Crippen LogP contribution is -2.42. The molecule has 1 saturated carbocycles. The maximum Gasteiger partial charge on any atom is 0.315 e. The average Bonchev–Trinajstić information content (AvgIpc) is 3.16. The van der Waals surface area contributed by atoms with Gasteiger partial charge >= 0.3 is 6.03 Å². The van der Waals surface area contributed by atoms with Crippen molar-refractivity contribution in [2.75, 3.05) is 6.54 Å². The number of carbonyl (C=O) groups excluding carboxylic acids is 1. The van der Waals surface area contributed by atoms with Gasteiger partial charge in [0.15, 0.2) is 0 Å². The molecule has 2 N–H and O–H groups in total. The quantitative estimate of drug-likeness (QED) is 0.821. The van der Waals surface area contributed by atoms with Gasteiger partial charge in [0.2, 0.25) is 0 Å². The molecule has 0 saturated heterocycles. The molecular weight excluding hydrogens is 308 g/mol. The molecule has 5 nitrogen and oxygen atoms in total. The van der Waals surface area contributed by atoms with Crippen LogP contribution in [0.15, 0.2) is 29.8 Å². The first-order valence-electron chi connectivity index (χ1n) is 8.43. The maximum atomic E-state index is 12.0. The smallest absolute Gasteiger partial charge is 0.315 e. The highest BCUT2D eigenvalue weighted by atomic mass is 32.1. The first-order chi connectivity index (χ1) is 11.3. The van der Waals surface area contributed by atoms with Crippen molar-refractivity contribution in [3.05, 3.63) is 29.8 Å². The second-order valence-corrected chi connectivity index (χ2v) is 6.98. The highest BCUT2D eigenvalue weighted by Crippen LogP contribution is 2.22. The fraction of sp³-hybridized carbons (Fsp3) is 0.529. The van der Waals surface area contributed by atoms with Crippen LogP contribution >= 0.6 is 11.3 Å². The number of carbonyl (C=O) groups is 1. The molecule has 0 spiro atoms. The van der Waals surface area contributed by atoms with Gasteiger partial charge in [-0.2, -0.15) is 5.10 Å². The highest BCUT2D eigenvalue weighted by Gasteiger charge is 2.14. The molecule has 6 heteroatoms. The summed E-state index contributed by atoms with van der Waals surface area (Å²) in [6.07, 6.45) is 9.22. The highest BCUT2D eigenvalue weighted by molar-refractivity contribution is 7.13. The summed E-state index contributed by atoms with van der Waals surface area (Å²) in [6.45, 7) is 1.27. The molecule has 0 unspecified atom stereocenters. The van der Waals surface area contributed by atoms with Crippen molar-refractivity contribution in [1.82, 2.24) is 20.4 Å². The minimum Gasteiger partial charge on any atom is -0.336 e. The zero-order chi connectivity index (χ0) is 15.9. The second-order valence-electron chi connectivity index (χ2n) is 6.03. The fourth-order valence-corrected chi connectivity index (χ4v) is 3.68. The number of hydrogen-bond donors (Lipinski definition) is 2. The predicted molar refractivity (Wildman–Crippen MR) is 93.6 cm³/mol. The molecule has 0 atom stereocenters. The van der Waals surface area contributed by atoms with Crippen molar-refractivity contribution in [2.45, 2.75) is 51.1 Å². The molecule has 2 amide bonds. The van der Waals surface area contributed by atoms with Crippen LogP contribution in [0.1, 0.15) is 38.5 Å². The number of amides is 2. The summed E-state index contributed by atoms with van der Waals surface area (Å²) in [5.74, 6) is 0. The van der Waals surface area contributed by atoms with Crippen molar-refractivity contribution in [3.8, 4) is 10.6 Å². The molecule has 23 heavy (non-hydrogen) atoms. The summed E-state index contributed by atoms with van der Waals surface area (Å²) >= 11 is 1.68. The van der Waals surface area contributed by atoms with Gasteiger partial charge in [0.1, 0.15) is 5.69 Å². The monoisotopic (exact) mass is 332 g/mol. The fourth-order valence-electron chi connectivity index (χ4n) is 2.99. The number of thiophene rings is 1. The molecular formula is C17H24N4OS. The van der Waals surface area contributed by atoms with Gasteiger partial charge in [0.05, 0.1) is 11.4 Å². The van der Waals surface area contributed by atoms with E-state index >= 15 is 0 Å². The summed E-state index contributed by atoms with van der Waals surface area (Å²) in [4.78, 5) is 13.1. The van der Waals surface area contributed by atoms with Crippen molar-refractivity contribution >= 4 is 17.4 Å². The zero-order valence-corrected chi connectivity index (χ0v) is 14.1. The van der Waals surface area contributed by atoms with E-state index in [9.17, 15) is 4.79 Å². The number of urea groups is 1. The summed E-state index contributed by atoms with van der Waals surface area (Å²) in [7, 11) is 0. The van der Waals surface area contributed by atoms with Crippen LogP contribution < -0.4 is 10.6 Å². The molecule has 3 rings (SSSR count). The maximum absolute atomic E-state index is 12.0. The largest absolute Gasteiger partial charge is 0.336 e. The molecule has 0 aromatic carbocycles. The molecule has 0 bridgehead atoms. The molecule has 124 valence electrons. The van der Waals surface area contributed by atoms with Crippen molar-refractivity contribution in [2.24, 2.45) is 0 Å². The molecule has 1 aliphatic carbocycles. The third kappa shape index (κ3) is 4.82. The van der Waals surface area contributed by atoms with E-state index in [0.717, 1.165) is 18.5 Å². The van der Waals surface area contributed by atoms with Gasteiger partial charge in [0, 0.05) is 18.8 Å². The van der Waals surface area contributed by atoms with Crippen molar-refractivity contribution < 1.29 is 4.79 Å². The Morgan fingerprint density at radius 2 is 2.09 bits per heavy atom. The Kier molecular flexibility index (Phi) is 5.69. The number of rotatable bonds is 5. The van der Waals surface area contributed by atoms with E-state index in [0.29, 0.717) is 19.1 Å². The van der Waals surface area contributed by atoms with Crippen LogP contribution in [0.25, 0.3) is 10.6 Å². The van der Waals surface area contributed by atoms with Crippen LogP contribution in [-0.4, -0.2) is 28.4 Å². The van der Waals surface area contributed by atoms with Crippen LogP contribution in [0.4, 0.5) is 4.79 Å². The topological polar surface area (TPSA) is 59.0 Å². The van der Waals surface area contributed by atoms with Gasteiger partial charge in [-0.3, -0.25) is 4.68 Å². The van der Waals surface area contributed by atoms with E-state index in [1.54, 1.807) is 11.3 Å². The minimum absolute atomic E-state index is 0.0532. The number of aromatic nitrogens is 2. The Balaban J connectivity index is 1.39. The lowest BCUT2D eigenvalue weighted by Gasteiger charge is -2.16. The molecule has 2 aromatic rings. The van der Waals surface area contributed by atoms with Crippen molar-refractivity contribution in [1.29, 1.82) is 0 Å². The lowest BCUT2D eigenvalue weighted by molar-refractivity contribution is 0.235. The number of hydrogen-bond acceptors (Lipinski definition) is 3. The Morgan fingerprint density at radius 1 is 1.26 bits per heavy atom. The second kappa shape index (κ2) is 8.15. The van der Waals surface area contributed by atoms with Gasteiger partial charge < -0.3 is 10.6 Å². The van der Waals surface area contributed by atoms with Gasteiger partial charge in [0.25, 0.3) is 0 Å². The number of nitrogens with zero attached hydrogens (tertiary/aromatic N) is 2. The zero-order valence-electron chi connectivity index (χ0n) is 13.3. The van der Waals surface area contributed by atoms with E-state index in [1.165, 1.54) is 30.6 Å². The Labute approximate surface area is 141 Å². The normalized spacial score (nSPS) is 16.0. The molecule has 2 aromatic heterocycles. The summed E-state index contributed by atoms with van der Waals surface area (Å²) in [5.41, 5.74) is 0.989. The Bertz CT molecular complexity index is 600. The molecule has 0 aliphatic heterocycles. The van der Waals surface area contributed by atoms with Crippen LogP contribution in [0.3, 0.4) is 0 Å². The Morgan fingerprint density at radius 3 is 2.83 bits per heavy atom. The third-order valence-electron chi connectivity index (χ3n) is 4.23. The summed E-state index contributed by atoms with van der Waals surface area (Å²) in [6, 6.07) is 6.39. The van der Waals surface area contributed by atoms with Gasteiger partial charge in [-0.05, 0) is 30.4 Å². The van der Waals surface area contributed by atoms with Gasteiger partial charge in [-0.25, -0.2) is 4.79 Å². The number of nitrogens with one attached hydrogen (secondary N) is 2. The van der Waals surface area contributed by atoms with Crippen LogP contribution in [0.5, 0.6) is 0 Å². The van der Waals surface area contributed by atoms with E-state index < -0.39 is 0 Å². The van der Waals surface area contributed by atoms with Crippen molar-refractivity contribution in [3.63, 3.8) is 0 Å². The predicted octanol–water partition coefficient (Wildman–Crippen LogP) is 3.63. The summed E-state index contributed by atoms with van der Waals surface area (Å²) < 4.78 is 1.88. The SMILES string of the molecule is O=C(NCCn1ccc(-c2cccs2)n1)NC1CCCCCC1. The molecule has 2 heterocycles. The first-order valence-corrected chi connectivity index (χ1v) is 9.31. The van der Waals surface area contributed by atoms with Crippen LogP contribution in [0, 0.1) is 0 Å². The Hall–Kier alpha value is -1.82. The van der Waals surface area contributed by atoms with E-state index in [2.05, 4.69) is 21.8 Å². The standard InChI is InChI=1S/C17H24N4OS/c22-17(19-14-6-3-1-2-4-7-14)18-10-12-21-11-9-15(20-21)16-8-5-13-23-16/h5,8-9,11,13-14H,1-4,6-7,10,12H2,(H2,18,19,22). The lowest BCUT2D eigenvalue weighted by atomic mass is 10.1. The van der Waals surface area contributed by atoms with Gasteiger partial charge in [-0.15, -0.1) is 11.3 Å². The molecule has 1 aliphatic rings. The van der Waals surface area contributed by atoms with Gasteiger partial charge in [-0.1, -0.05) is 31.7 Å².